The smallest absolute Gasteiger partial charge is 0.258 e. The van der Waals surface area contributed by atoms with Crippen LogP contribution >= 0.6 is 12.6 Å². The summed E-state index contributed by atoms with van der Waals surface area (Å²) in [6.45, 7) is 0. The lowest BCUT2D eigenvalue weighted by atomic mass is 10.0. The minimum Gasteiger partial charge on any atom is -0.258 e. The molecule has 0 aromatic heterocycles. The molecule has 0 aliphatic heterocycles. The highest BCUT2D eigenvalue weighted by atomic mass is 32.1. The van der Waals surface area contributed by atoms with E-state index in [1.54, 1.807) is 30.3 Å². The number of nitro groups is 2. The maximum atomic E-state index is 10.9. The molecule has 96 valence electrons. The van der Waals surface area contributed by atoms with Crippen molar-refractivity contribution in [1.29, 1.82) is 0 Å². The van der Waals surface area contributed by atoms with Crippen molar-refractivity contribution in [3.05, 3.63) is 62.7 Å². The molecule has 0 amide bonds. The summed E-state index contributed by atoms with van der Waals surface area (Å²) in [6.07, 6.45) is 0. The number of thiol groups is 1. The van der Waals surface area contributed by atoms with Crippen molar-refractivity contribution in [1.82, 2.24) is 0 Å². The van der Waals surface area contributed by atoms with Crippen LogP contribution in [0.25, 0.3) is 11.1 Å². The van der Waals surface area contributed by atoms with Crippen LogP contribution in [0.15, 0.2) is 47.4 Å². The van der Waals surface area contributed by atoms with Crippen LogP contribution in [0.4, 0.5) is 11.4 Å². The first-order valence-corrected chi connectivity index (χ1v) is 5.66. The van der Waals surface area contributed by atoms with Crippen molar-refractivity contribution < 1.29 is 9.85 Å². The Morgan fingerprint density at radius 3 is 2.11 bits per heavy atom. The molecule has 0 N–H and O–H groups in total. The van der Waals surface area contributed by atoms with Gasteiger partial charge in [0.2, 0.25) is 0 Å². The molecule has 0 aliphatic carbocycles. The Balaban J connectivity index is 2.73. The van der Waals surface area contributed by atoms with Crippen LogP contribution in [0.3, 0.4) is 0 Å². The van der Waals surface area contributed by atoms with Crippen LogP contribution in [0.5, 0.6) is 0 Å². The maximum absolute atomic E-state index is 10.9. The molecule has 0 atom stereocenters. The van der Waals surface area contributed by atoms with Crippen LogP contribution in [0, 0.1) is 20.2 Å². The van der Waals surface area contributed by atoms with Gasteiger partial charge in [0.15, 0.2) is 0 Å². The standard InChI is InChI=1S/C12H8N2O4S/c15-13(16)9-6-10(8-4-2-1-3-5-8)12(19)11(7-9)14(17)18/h1-7,19H. The first-order chi connectivity index (χ1) is 9.00. The average Bonchev–Trinajstić information content (AvgIpc) is 2.39. The summed E-state index contributed by atoms with van der Waals surface area (Å²) in [5, 5.41) is 21.7. The van der Waals surface area contributed by atoms with E-state index in [2.05, 4.69) is 12.6 Å². The fourth-order valence-electron chi connectivity index (χ4n) is 1.69. The van der Waals surface area contributed by atoms with E-state index < -0.39 is 9.85 Å². The number of benzene rings is 2. The largest absolute Gasteiger partial charge is 0.290 e. The highest BCUT2D eigenvalue weighted by Gasteiger charge is 2.22. The van der Waals surface area contributed by atoms with Crippen LogP contribution in [-0.4, -0.2) is 9.85 Å². The molecule has 7 heteroatoms. The summed E-state index contributed by atoms with van der Waals surface area (Å²) in [4.78, 5) is 20.5. The zero-order valence-corrected chi connectivity index (χ0v) is 10.4. The molecular formula is C12H8N2O4S. The molecule has 6 nitrogen and oxygen atoms in total. The number of hydrogen-bond donors (Lipinski definition) is 1. The van der Waals surface area contributed by atoms with Gasteiger partial charge < -0.3 is 0 Å². The highest BCUT2D eigenvalue weighted by molar-refractivity contribution is 7.80. The molecule has 0 spiro atoms. The lowest BCUT2D eigenvalue weighted by Crippen LogP contribution is -1.96. The normalized spacial score (nSPS) is 10.2. The number of nitro benzene ring substituents is 2. The molecule has 0 saturated heterocycles. The zero-order chi connectivity index (χ0) is 14.0. The molecule has 19 heavy (non-hydrogen) atoms. The van der Waals surface area contributed by atoms with Crippen molar-refractivity contribution in [3.63, 3.8) is 0 Å². The quantitative estimate of drug-likeness (QED) is 0.528. The van der Waals surface area contributed by atoms with Crippen molar-refractivity contribution in [2.24, 2.45) is 0 Å². The Bertz CT molecular complexity index is 658. The zero-order valence-electron chi connectivity index (χ0n) is 9.52. The first-order valence-electron chi connectivity index (χ1n) is 5.22. The summed E-state index contributed by atoms with van der Waals surface area (Å²) in [6, 6.07) is 10.9. The van der Waals surface area contributed by atoms with Crippen LogP contribution in [0.2, 0.25) is 0 Å². The fraction of sp³-hybridized carbons (Fsp3) is 0. The van der Waals surface area contributed by atoms with E-state index in [-0.39, 0.29) is 16.3 Å². The summed E-state index contributed by atoms with van der Waals surface area (Å²) >= 11 is 4.11. The molecule has 0 saturated carbocycles. The third-order valence-corrected chi connectivity index (χ3v) is 3.04. The Morgan fingerprint density at radius 1 is 0.947 bits per heavy atom. The van der Waals surface area contributed by atoms with Gasteiger partial charge in [0, 0.05) is 11.6 Å². The lowest BCUT2D eigenvalue weighted by Gasteiger charge is -2.06. The summed E-state index contributed by atoms with van der Waals surface area (Å²) in [5.74, 6) is 0. The van der Waals surface area contributed by atoms with Crippen molar-refractivity contribution in [3.8, 4) is 11.1 Å². The Kier molecular flexibility index (Phi) is 3.48. The maximum Gasteiger partial charge on any atom is 0.290 e. The molecule has 0 unspecified atom stereocenters. The van der Waals surface area contributed by atoms with Gasteiger partial charge in [0.05, 0.1) is 20.8 Å². The van der Waals surface area contributed by atoms with E-state index in [4.69, 9.17) is 0 Å². The van der Waals surface area contributed by atoms with Crippen molar-refractivity contribution in [2.45, 2.75) is 4.90 Å². The molecule has 2 rings (SSSR count). The molecule has 0 aliphatic rings. The molecule has 0 heterocycles. The van der Waals surface area contributed by atoms with E-state index in [0.29, 0.717) is 11.1 Å². The number of nitrogens with zero attached hydrogens (tertiary/aromatic N) is 2. The molecule has 0 bridgehead atoms. The lowest BCUT2D eigenvalue weighted by molar-refractivity contribution is -0.395. The summed E-state index contributed by atoms with van der Waals surface area (Å²) < 4.78 is 0. The highest BCUT2D eigenvalue weighted by Crippen LogP contribution is 2.37. The second kappa shape index (κ2) is 5.07. The topological polar surface area (TPSA) is 86.3 Å². The van der Waals surface area contributed by atoms with Gasteiger partial charge in [-0.05, 0) is 5.56 Å². The number of hydrogen-bond acceptors (Lipinski definition) is 5. The predicted molar refractivity (Wildman–Crippen MR) is 72.4 cm³/mol. The predicted octanol–water partition coefficient (Wildman–Crippen LogP) is 3.46. The SMILES string of the molecule is O=[N+]([O-])c1cc(-c2ccccc2)c(S)c([N+](=O)[O-])c1. The van der Waals surface area contributed by atoms with Crippen molar-refractivity contribution in [2.75, 3.05) is 0 Å². The summed E-state index contributed by atoms with van der Waals surface area (Å²) in [7, 11) is 0. The van der Waals surface area contributed by atoms with Gasteiger partial charge >= 0.3 is 0 Å². The molecule has 0 radical (unpaired) electrons. The average molecular weight is 276 g/mol. The van der Waals surface area contributed by atoms with Gasteiger partial charge in [-0.3, -0.25) is 20.2 Å². The van der Waals surface area contributed by atoms with E-state index in [1.807, 2.05) is 0 Å². The van der Waals surface area contributed by atoms with Gasteiger partial charge in [-0.2, -0.15) is 0 Å². The van der Waals surface area contributed by atoms with Crippen molar-refractivity contribution >= 4 is 24.0 Å². The van der Waals surface area contributed by atoms with Gasteiger partial charge in [-0.1, -0.05) is 30.3 Å². The van der Waals surface area contributed by atoms with Gasteiger partial charge in [0.25, 0.3) is 11.4 Å². The minimum absolute atomic E-state index is 0.113. The van der Waals surface area contributed by atoms with E-state index in [1.165, 1.54) is 6.07 Å². The molecule has 0 fully saturated rings. The van der Waals surface area contributed by atoms with E-state index in [9.17, 15) is 20.2 Å². The Labute approximate surface area is 113 Å². The van der Waals surface area contributed by atoms with Gasteiger partial charge in [-0.15, -0.1) is 12.6 Å². The number of non-ortho nitro benzene ring substituents is 1. The molecule has 2 aromatic carbocycles. The van der Waals surface area contributed by atoms with Crippen LogP contribution < -0.4 is 0 Å². The second-order valence-electron chi connectivity index (χ2n) is 3.74. The second-order valence-corrected chi connectivity index (χ2v) is 4.19. The third-order valence-electron chi connectivity index (χ3n) is 2.57. The Hall–Kier alpha value is -2.41. The minimum atomic E-state index is -0.679. The van der Waals surface area contributed by atoms with E-state index >= 15 is 0 Å². The van der Waals surface area contributed by atoms with E-state index in [0.717, 1.165) is 6.07 Å². The van der Waals surface area contributed by atoms with Crippen LogP contribution in [-0.2, 0) is 0 Å². The Morgan fingerprint density at radius 2 is 1.58 bits per heavy atom. The molecular weight excluding hydrogens is 268 g/mol. The molecule has 2 aromatic rings. The number of rotatable bonds is 3. The fourth-order valence-corrected chi connectivity index (χ4v) is 2.03. The van der Waals surface area contributed by atoms with Gasteiger partial charge in [-0.25, -0.2) is 0 Å². The van der Waals surface area contributed by atoms with Gasteiger partial charge in [0.1, 0.15) is 0 Å². The first kappa shape index (κ1) is 13.0. The monoisotopic (exact) mass is 276 g/mol. The summed E-state index contributed by atoms with van der Waals surface area (Å²) in [5.41, 5.74) is 0.295. The third kappa shape index (κ3) is 2.55. The van der Waals surface area contributed by atoms with Crippen LogP contribution in [0.1, 0.15) is 0 Å².